The minimum Gasteiger partial charge on any atom is -0.465 e. The molecule has 2 rings (SSSR count). The van der Waals surface area contributed by atoms with Crippen molar-refractivity contribution >= 4 is 28.3 Å². The second kappa shape index (κ2) is 5.75. The number of esters is 1. The average Bonchev–Trinajstić information content (AvgIpc) is 2.78. The number of ether oxygens (including phenoxy) is 1. The number of rotatable bonds is 4. The first-order chi connectivity index (χ1) is 9.06. The lowest BCUT2D eigenvalue weighted by atomic mass is 9.85. The molecule has 1 aromatic rings. The van der Waals surface area contributed by atoms with E-state index < -0.39 is 11.6 Å². The molecule has 0 bridgehead atoms. The standard InChI is InChI=1S/C12H19N3O3S/c1-18-11(16)8-9(13)15-19-10(8)14-7-12(17)5-3-2-4-6-12/h14,17H,2-7H2,1H3,(H2,13,15). The van der Waals surface area contributed by atoms with Crippen LogP contribution in [0.2, 0.25) is 0 Å². The highest BCUT2D eigenvalue weighted by molar-refractivity contribution is 7.11. The van der Waals surface area contributed by atoms with Gasteiger partial charge in [0, 0.05) is 6.54 Å². The first-order valence-electron chi connectivity index (χ1n) is 6.35. The second-order valence-corrected chi connectivity index (χ2v) is 5.68. The van der Waals surface area contributed by atoms with E-state index in [-0.39, 0.29) is 11.4 Å². The molecule has 1 aliphatic carbocycles. The molecule has 1 aromatic heterocycles. The van der Waals surface area contributed by atoms with Gasteiger partial charge < -0.3 is 20.9 Å². The molecule has 0 radical (unpaired) electrons. The molecule has 0 aliphatic heterocycles. The van der Waals surface area contributed by atoms with Crippen molar-refractivity contribution in [3.05, 3.63) is 5.56 Å². The number of hydrogen-bond acceptors (Lipinski definition) is 7. The highest BCUT2D eigenvalue weighted by Crippen LogP contribution is 2.31. The lowest BCUT2D eigenvalue weighted by Crippen LogP contribution is -2.38. The smallest absolute Gasteiger partial charge is 0.344 e. The molecule has 7 heteroatoms. The molecule has 1 saturated carbocycles. The van der Waals surface area contributed by atoms with Gasteiger partial charge in [-0.15, -0.1) is 0 Å². The van der Waals surface area contributed by atoms with Gasteiger partial charge in [-0.2, -0.15) is 4.37 Å². The maximum atomic E-state index is 11.6. The van der Waals surface area contributed by atoms with Crippen LogP contribution in [0.3, 0.4) is 0 Å². The Morgan fingerprint density at radius 3 is 2.84 bits per heavy atom. The van der Waals surface area contributed by atoms with E-state index in [4.69, 9.17) is 5.73 Å². The van der Waals surface area contributed by atoms with Gasteiger partial charge in [0.2, 0.25) is 0 Å². The first kappa shape index (κ1) is 14.1. The van der Waals surface area contributed by atoms with Crippen LogP contribution in [0.4, 0.5) is 10.8 Å². The minimum absolute atomic E-state index is 0.162. The number of carbonyl (C=O) groups excluding carboxylic acids is 1. The molecule has 4 N–H and O–H groups in total. The van der Waals surface area contributed by atoms with Crippen molar-refractivity contribution in [3.63, 3.8) is 0 Å². The van der Waals surface area contributed by atoms with Crippen LogP contribution in [0.1, 0.15) is 42.5 Å². The third kappa shape index (κ3) is 3.16. The van der Waals surface area contributed by atoms with Gasteiger partial charge in [0.25, 0.3) is 0 Å². The fraction of sp³-hybridized carbons (Fsp3) is 0.667. The number of nitrogens with two attached hydrogens (primary N) is 1. The molecular formula is C12H19N3O3S. The number of carbonyl (C=O) groups is 1. The molecule has 6 nitrogen and oxygen atoms in total. The first-order valence-corrected chi connectivity index (χ1v) is 7.13. The van der Waals surface area contributed by atoms with Crippen LogP contribution in [0.5, 0.6) is 0 Å². The largest absolute Gasteiger partial charge is 0.465 e. The van der Waals surface area contributed by atoms with Crippen molar-refractivity contribution < 1.29 is 14.6 Å². The van der Waals surface area contributed by atoms with Crippen LogP contribution in [0.25, 0.3) is 0 Å². The van der Waals surface area contributed by atoms with Gasteiger partial charge in [0.05, 0.1) is 12.7 Å². The summed E-state index contributed by atoms with van der Waals surface area (Å²) in [5.41, 5.74) is 5.21. The Morgan fingerprint density at radius 2 is 2.21 bits per heavy atom. The number of anilines is 2. The molecule has 0 spiro atoms. The SMILES string of the molecule is COC(=O)c1c(N)nsc1NCC1(O)CCCCC1. The van der Waals surface area contributed by atoms with Crippen LogP contribution in [-0.2, 0) is 4.74 Å². The summed E-state index contributed by atoms with van der Waals surface area (Å²) in [7, 11) is 1.30. The molecule has 1 fully saturated rings. The van der Waals surface area contributed by atoms with Gasteiger partial charge in [0.1, 0.15) is 10.6 Å². The Hall–Kier alpha value is -1.34. The fourth-order valence-electron chi connectivity index (χ4n) is 2.35. The third-order valence-electron chi connectivity index (χ3n) is 3.47. The van der Waals surface area contributed by atoms with Gasteiger partial charge in [-0.1, -0.05) is 19.3 Å². The maximum Gasteiger partial charge on any atom is 0.344 e. The minimum atomic E-state index is -0.704. The Labute approximate surface area is 116 Å². The van der Waals surface area contributed by atoms with E-state index in [2.05, 4.69) is 14.4 Å². The Morgan fingerprint density at radius 1 is 1.53 bits per heavy atom. The normalized spacial score (nSPS) is 18.0. The van der Waals surface area contributed by atoms with Gasteiger partial charge in [-0.25, -0.2) is 4.79 Å². The Balaban J connectivity index is 2.05. The second-order valence-electron chi connectivity index (χ2n) is 4.90. The fourth-order valence-corrected chi connectivity index (χ4v) is 3.05. The Kier molecular flexibility index (Phi) is 4.26. The molecule has 0 atom stereocenters. The van der Waals surface area contributed by atoms with Gasteiger partial charge in [0.15, 0.2) is 5.82 Å². The van der Waals surface area contributed by atoms with E-state index in [1.165, 1.54) is 13.5 Å². The predicted octanol–water partition coefficient (Wildman–Crippen LogP) is 1.62. The Bertz CT molecular complexity index is 455. The number of aromatic nitrogens is 1. The summed E-state index contributed by atoms with van der Waals surface area (Å²) in [5.74, 6) is -0.348. The third-order valence-corrected chi connectivity index (χ3v) is 4.29. The van der Waals surface area contributed by atoms with Crippen LogP contribution < -0.4 is 11.1 Å². The maximum absolute atomic E-state index is 11.6. The van der Waals surface area contributed by atoms with E-state index >= 15 is 0 Å². The molecule has 1 heterocycles. The van der Waals surface area contributed by atoms with E-state index in [9.17, 15) is 9.90 Å². The van der Waals surface area contributed by atoms with Crippen molar-refractivity contribution in [2.24, 2.45) is 0 Å². The zero-order valence-corrected chi connectivity index (χ0v) is 11.8. The van der Waals surface area contributed by atoms with Crippen LogP contribution >= 0.6 is 11.5 Å². The summed E-state index contributed by atoms with van der Waals surface area (Å²) in [4.78, 5) is 11.6. The molecule has 1 aliphatic rings. The number of hydrogen-bond donors (Lipinski definition) is 3. The quantitative estimate of drug-likeness (QED) is 0.727. The molecule has 0 saturated heterocycles. The van der Waals surface area contributed by atoms with Gasteiger partial charge in [-0.05, 0) is 24.4 Å². The van der Waals surface area contributed by atoms with E-state index in [1.54, 1.807) is 0 Å². The number of nitrogens with zero attached hydrogens (tertiary/aromatic N) is 1. The van der Waals surface area contributed by atoms with E-state index in [0.717, 1.165) is 37.2 Å². The lowest BCUT2D eigenvalue weighted by Gasteiger charge is -2.32. The topological polar surface area (TPSA) is 97.5 Å². The number of nitrogens with one attached hydrogen (secondary N) is 1. The summed E-state index contributed by atoms with van der Waals surface area (Å²) < 4.78 is 8.62. The van der Waals surface area contributed by atoms with Crippen molar-refractivity contribution in [3.8, 4) is 0 Å². The molecule has 106 valence electrons. The predicted molar refractivity (Wildman–Crippen MR) is 74.4 cm³/mol. The van der Waals surface area contributed by atoms with Gasteiger partial charge >= 0.3 is 5.97 Å². The average molecular weight is 285 g/mol. The van der Waals surface area contributed by atoms with Crippen molar-refractivity contribution in [1.29, 1.82) is 0 Å². The summed E-state index contributed by atoms with van der Waals surface area (Å²) >= 11 is 1.11. The molecule has 0 aromatic carbocycles. The molecule has 0 amide bonds. The summed E-state index contributed by atoms with van der Waals surface area (Å²) in [6.07, 6.45) is 4.80. The molecule has 0 unspecified atom stereocenters. The van der Waals surface area contributed by atoms with Crippen molar-refractivity contribution in [2.75, 3.05) is 24.7 Å². The highest BCUT2D eigenvalue weighted by Gasteiger charge is 2.30. The van der Waals surface area contributed by atoms with Crippen molar-refractivity contribution in [1.82, 2.24) is 4.37 Å². The van der Waals surface area contributed by atoms with Crippen LogP contribution in [0.15, 0.2) is 0 Å². The summed E-state index contributed by atoms with van der Waals surface area (Å²) in [5, 5.41) is 14.0. The number of aliphatic hydroxyl groups is 1. The van der Waals surface area contributed by atoms with Crippen LogP contribution in [0, 0.1) is 0 Å². The zero-order valence-electron chi connectivity index (χ0n) is 10.9. The van der Waals surface area contributed by atoms with E-state index in [1.807, 2.05) is 0 Å². The zero-order chi connectivity index (χ0) is 13.9. The lowest BCUT2D eigenvalue weighted by molar-refractivity contribution is 0.0167. The molecule has 19 heavy (non-hydrogen) atoms. The number of methoxy groups -OCH3 is 1. The molecular weight excluding hydrogens is 266 g/mol. The highest BCUT2D eigenvalue weighted by atomic mass is 32.1. The van der Waals surface area contributed by atoms with E-state index in [0.29, 0.717) is 11.5 Å². The number of nitrogen functional groups attached to an aromatic ring is 1. The van der Waals surface area contributed by atoms with Crippen molar-refractivity contribution in [2.45, 2.75) is 37.7 Å². The monoisotopic (exact) mass is 285 g/mol. The van der Waals surface area contributed by atoms with Crippen LogP contribution in [-0.4, -0.2) is 34.7 Å². The van der Waals surface area contributed by atoms with Gasteiger partial charge in [-0.3, -0.25) is 0 Å². The summed E-state index contributed by atoms with van der Waals surface area (Å²) in [6.45, 7) is 0.401. The summed E-state index contributed by atoms with van der Waals surface area (Å²) in [6, 6.07) is 0.